The van der Waals surface area contributed by atoms with E-state index in [2.05, 4.69) is 45.1 Å². The highest BCUT2D eigenvalue weighted by Crippen LogP contribution is 2.33. The van der Waals surface area contributed by atoms with Gasteiger partial charge in [0.2, 0.25) is 0 Å². The Bertz CT molecular complexity index is 604. The molecule has 3 rings (SSSR count). The number of hydrogen-bond donors (Lipinski definition) is 0. The van der Waals surface area contributed by atoms with E-state index in [9.17, 15) is 4.79 Å². The molecule has 0 N–H and O–H groups in total. The van der Waals surface area contributed by atoms with Gasteiger partial charge in [-0.3, -0.25) is 0 Å². The lowest BCUT2D eigenvalue weighted by Gasteiger charge is -2.47. The van der Waals surface area contributed by atoms with Crippen LogP contribution in [-0.4, -0.2) is 55.0 Å². The summed E-state index contributed by atoms with van der Waals surface area (Å²) in [7, 11) is 0. The van der Waals surface area contributed by atoms with Crippen molar-refractivity contribution in [2.24, 2.45) is 0 Å². The third kappa shape index (κ3) is 4.67. The molecular weight excluding hydrogens is 384 g/mol. The first-order chi connectivity index (χ1) is 11.8. The van der Waals surface area contributed by atoms with Crippen LogP contribution in [0.25, 0.3) is 0 Å². The first-order valence-corrected chi connectivity index (χ1v) is 9.68. The average Bonchev–Trinajstić information content (AvgIpc) is 2.55. The molecule has 2 saturated heterocycles. The van der Waals surface area contributed by atoms with Crippen molar-refractivity contribution >= 4 is 27.7 Å². The zero-order valence-electron chi connectivity index (χ0n) is 15.3. The smallest absolute Gasteiger partial charge is 0.410 e. The molecule has 2 aliphatic heterocycles. The average molecular weight is 411 g/mol. The summed E-state index contributed by atoms with van der Waals surface area (Å²) in [5.41, 5.74) is 0.534. The molecule has 2 fully saturated rings. The molecule has 2 heterocycles. The fourth-order valence-electron chi connectivity index (χ4n) is 3.45. The normalized spacial score (nSPS) is 20.6. The van der Waals surface area contributed by atoms with Crippen molar-refractivity contribution < 1.29 is 14.3 Å². The number of hydrogen-bond acceptors (Lipinski definition) is 4. The number of anilines is 1. The van der Waals surface area contributed by atoms with Crippen LogP contribution in [0.1, 0.15) is 33.6 Å². The number of piperidine rings is 1. The van der Waals surface area contributed by atoms with E-state index in [1.54, 1.807) is 0 Å². The fraction of sp³-hybridized carbons (Fsp3) is 0.632. The lowest BCUT2D eigenvalue weighted by molar-refractivity contribution is -0.119. The Labute approximate surface area is 158 Å². The van der Waals surface area contributed by atoms with Crippen LogP contribution in [0.2, 0.25) is 0 Å². The third-order valence-electron chi connectivity index (χ3n) is 4.77. The number of carbonyl (C=O) groups excluding carboxylic acids is 1. The number of benzene rings is 1. The summed E-state index contributed by atoms with van der Waals surface area (Å²) in [6, 6.07) is 8.41. The van der Waals surface area contributed by atoms with Gasteiger partial charge in [-0.1, -0.05) is 15.9 Å². The van der Waals surface area contributed by atoms with Gasteiger partial charge in [0.1, 0.15) is 5.60 Å². The molecule has 0 saturated carbocycles. The summed E-state index contributed by atoms with van der Waals surface area (Å²) in [4.78, 5) is 16.6. The van der Waals surface area contributed by atoms with Crippen molar-refractivity contribution in [2.45, 2.75) is 44.8 Å². The van der Waals surface area contributed by atoms with Gasteiger partial charge in [-0.25, -0.2) is 4.79 Å². The summed E-state index contributed by atoms with van der Waals surface area (Å²) in [5, 5.41) is 0. The lowest BCUT2D eigenvalue weighted by atomic mass is 9.89. The molecule has 5 nitrogen and oxygen atoms in total. The second-order valence-electron chi connectivity index (χ2n) is 7.90. The predicted molar refractivity (Wildman–Crippen MR) is 102 cm³/mol. The number of ether oxygens (including phenoxy) is 2. The Morgan fingerprint density at radius 2 is 1.80 bits per heavy atom. The van der Waals surface area contributed by atoms with Crippen molar-refractivity contribution in [3.8, 4) is 0 Å². The second kappa shape index (κ2) is 7.16. The highest BCUT2D eigenvalue weighted by atomic mass is 79.9. The molecule has 1 aromatic rings. The Kier molecular flexibility index (Phi) is 5.30. The summed E-state index contributed by atoms with van der Waals surface area (Å²) in [6.07, 6.45) is 1.61. The zero-order chi connectivity index (χ0) is 18.1. The molecule has 1 amide bonds. The van der Waals surface area contributed by atoms with E-state index in [-0.39, 0.29) is 11.7 Å². The van der Waals surface area contributed by atoms with Gasteiger partial charge >= 0.3 is 6.09 Å². The highest BCUT2D eigenvalue weighted by Gasteiger charge is 2.42. The topological polar surface area (TPSA) is 42.0 Å². The summed E-state index contributed by atoms with van der Waals surface area (Å²) >= 11 is 3.48. The number of nitrogens with zero attached hydrogens (tertiary/aromatic N) is 2. The zero-order valence-corrected chi connectivity index (χ0v) is 16.8. The molecule has 6 heteroatoms. The Morgan fingerprint density at radius 1 is 1.16 bits per heavy atom. The van der Waals surface area contributed by atoms with Crippen LogP contribution in [-0.2, 0) is 9.47 Å². The molecule has 0 atom stereocenters. The van der Waals surface area contributed by atoms with E-state index in [4.69, 9.17) is 9.47 Å². The minimum absolute atomic E-state index is 0.231. The van der Waals surface area contributed by atoms with Gasteiger partial charge < -0.3 is 19.3 Å². The Morgan fingerprint density at radius 3 is 2.40 bits per heavy atom. The van der Waals surface area contributed by atoms with E-state index in [1.807, 2.05) is 25.7 Å². The van der Waals surface area contributed by atoms with Crippen molar-refractivity contribution in [1.82, 2.24) is 4.90 Å². The van der Waals surface area contributed by atoms with E-state index in [0.717, 1.165) is 30.4 Å². The van der Waals surface area contributed by atoms with Crippen molar-refractivity contribution in [3.05, 3.63) is 28.7 Å². The number of halogens is 1. The molecular formula is C19H27BrN2O3. The molecule has 25 heavy (non-hydrogen) atoms. The minimum Gasteiger partial charge on any atom is -0.444 e. The third-order valence-corrected chi connectivity index (χ3v) is 5.30. The first-order valence-electron chi connectivity index (χ1n) is 8.89. The minimum atomic E-state index is -0.465. The lowest BCUT2D eigenvalue weighted by Crippen LogP contribution is -2.58. The standard InChI is InChI=1S/C19H27BrN2O3/c1-18(2,3)25-17(23)22-12-13-24-19(14-22)8-10-21(11-9-19)16-6-4-15(20)5-7-16/h4-7H,8-14H2,1-3H3. The molecule has 1 spiro atoms. The summed E-state index contributed by atoms with van der Waals surface area (Å²) < 4.78 is 12.8. The molecule has 0 aromatic heterocycles. The molecule has 0 unspecified atom stereocenters. The fourth-order valence-corrected chi connectivity index (χ4v) is 3.72. The Balaban J connectivity index is 1.60. The molecule has 0 radical (unpaired) electrons. The molecule has 0 bridgehead atoms. The van der Waals surface area contributed by atoms with Crippen molar-refractivity contribution in [2.75, 3.05) is 37.7 Å². The maximum atomic E-state index is 12.4. The van der Waals surface area contributed by atoms with Crippen LogP contribution in [0, 0.1) is 0 Å². The monoisotopic (exact) mass is 410 g/mol. The number of rotatable bonds is 1. The SMILES string of the molecule is CC(C)(C)OC(=O)N1CCOC2(CCN(c3ccc(Br)cc3)CC2)C1. The maximum absolute atomic E-state index is 12.4. The number of morpholine rings is 1. The van der Waals surface area contributed by atoms with Gasteiger partial charge in [0, 0.05) is 29.8 Å². The van der Waals surface area contributed by atoms with Crippen LogP contribution in [0.3, 0.4) is 0 Å². The van der Waals surface area contributed by atoms with Gasteiger partial charge in [0.15, 0.2) is 0 Å². The maximum Gasteiger partial charge on any atom is 0.410 e. The quantitative estimate of drug-likeness (QED) is 0.699. The van der Waals surface area contributed by atoms with E-state index >= 15 is 0 Å². The van der Waals surface area contributed by atoms with Gasteiger partial charge in [-0.15, -0.1) is 0 Å². The highest BCUT2D eigenvalue weighted by molar-refractivity contribution is 9.10. The number of carbonyl (C=O) groups is 1. The molecule has 138 valence electrons. The molecule has 1 aromatic carbocycles. The summed E-state index contributed by atoms with van der Waals surface area (Å²) in [6.45, 7) is 9.38. The Hall–Kier alpha value is -1.27. The van der Waals surface area contributed by atoms with E-state index < -0.39 is 5.60 Å². The van der Waals surface area contributed by atoms with Crippen LogP contribution in [0.4, 0.5) is 10.5 Å². The number of amides is 1. The van der Waals surface area contributed by atoms with Crippen LogP contribution >= 0.6 is 15.9 Å². The van der Waals surface area contributed by atoms with E-state index in [1.165, 1.54) is 5.69 Å². The van der Waals surface area contributed by atoms with Gasteiger partial charge in [-0.05, 0) is 57.9 Å². The van der Waals surface area contributed by atoms with Gasteiger partial charge in [0.25, 0.3) is 0 Å². The second-order valence-corrected chi connectivity index (χ2v) is 8.81. The van der Waals surface area contributed by atoms with Crippen LogP contribution in [0.5, 0.6) is 0 Å². The van der Waals surface area contributed by atoms with Gasteiger partial charge in [-0.2, -0.15) is 0 Å². The first kappa shape index (κ1) is 18.5. The van der Waals surface area contributed by atoms with Gasteiger partial charge in [0.05, 0.1) is 18.8 Å². The molecule has 0 aliphatic carbocycles. The van der Waals surface area contributed by atoms with Crippen LogP contribution in [0.15, 0.2) is 28.7 Å². The molecule has 2 aliphatic rings. The van der Waals surface area contributed by atoms with E-state index in [0.29, 0.717) is 19.7 Å². The van der Waals surface area contributed by atoms with Crippen molar-refractivity contribution in [1.29, 1.82) is 0 Å². The predicted octanol–water partition coefficient (Wildman–Crippen LogP) is 4.06. The summed E-state index contributed by atoms with van der Waals surface area (Å²) in [5.74, 6) is 0. The van der Waals surface area contributed by atoms with Crippen molar-refractivity contribution in [3.63, 3.8) is 0 Å². The largest absolute Gasteiger partial charge is 0.444 e. The van der Waals surface area contributed by atoms with Crippen LogP contribution < -0.4 is 4.90 Å².